The lowest BCUT2D eigenvalue weighted by atomic mass is 9.92. The zero-order valence-electron chi connectivity index (χ0n) is 26.4. The summed E-state index contributed by atoms with van der Waals surface area (Å²) in [7, 11) is 2.90. The molecule has 2 atom stereocenters. The number of carboxylic acid groups (broad SMARTS) is 1. The lowest BCUT2D eigenvalue weighted by molar-refractivity contribution is -0.143. The van der Waals surface area contributed by atoms with Crippen LogP contribution in [0, 0.1) is 0 Å². The summed E-state index contributed by atoms with van der Waals surface area (Å²) in [6.07, 6.45) is -11.2. The van der Waals surface area contributed by atoms with Crippen LogP contribution < -0.4 is 20.3 Å². The molecule has 11 nitrogen and oxygen atoms in total. The number of fused-ring (bicyclic) bond motifs is 1. The minimum Gasteiger partial charge on any atom is -0.481 e. The highest BCUT2D eigenvalue weighted by Gasteiger charge is 2.39. The van der Waals surface area contributed by atoms with Crippen molar-refractivity contribution < 1.29 is 50.5 Å². The van der Waals surface area contributed by atoms with Crippen LogP contribution in [0.4, 0.5) is 48.6 Å². The molecule has 17 heteroatoms. The quantitative estimate of drug-likeness (QED) is 0.184. The molecule has 4 rings (SSSR count). The molecule has 0 radical (unpaired) electrons. The number of anilines is 3. The molecule has 1 aliphatic rings. The molecule has 0 spiro atoms. The summed E-state index contributed by atoms with van der Waals surface area (Å²) < 4.78 is 93.0. The van der Waals surface area contributed by atoms with Crippen LogP contribution >= 0.6 is 0 Å². The van der Waals surface area contributed by atoms with Gasteiger partial charge in [0.15, 0.2) is 0 Å². The molecule has 1 amide bonds. The molecule has 0 saturated heterocycles. The first-order valence-corrected chi connectivity index (χ1v) is 14.9. The van der Waals surface area contributed by atoms with Gasteiger partial charge in [0.2, 0.25) is 11.8 Å². The number of nitrogens with one attached hydrogen (secondary N) is 2. The van der Waals surface area contributed by atoms with Gasteiger partial charge in [-0.3, -0.25) is 9.69 Å². The normalized spacial score (nSPS) is 16.2. The predicted octanol–water partition coefficient (Wildman–Crippen LogP) is 6.87. The van der Waals surface area contributed by atoms with E-state index in [1.807, 2.05) is 6.92 Å². The summed E-state index contributed by atoms with van der Waals surface area (Å²) in [5.74, 6) is -0.929. The number of hydrogen-bond acceptors (Lipinski definition) is 9. The minimum absolute atomic E-state index is 0.0245. The fourth-order valence-electron chi connectivity index (χ4n) is 5.50. The van der Waals surface area contributed by atoms with Gasteiger partial charge in [0, 0.05) is 37.6 Å². The number of aryl methyl sites for hydroxylation is 1. The van der Waals surface area contributed by atoms with E-state index >= 15 is 0 Å². The van der Waals surface area contributed by atoms with Gasteiger partial charge in [0.25, 0.3) is 0 Å². The lowest BCUT2D eigenvalue weighted by Crippen LogP contribution is -2.46. The Kier molecular flexibility index (Phi) is 10.9. The largest absolute Gasteiger partial charge is 0.481 e. The van der Waals surface area contributed by atoms with E-state index in [1.54, 1.807) is 19.1 Å². The van der Waals surface area contributed by atoms with Gasteiger partial charge >= 0.3 is 24.4 Å². The molecule has 3 heterocycles. The van der Waals surface area contributed by atoms with Crippen molar-refractivity contribution in [2.75, 3.05) is 36.3 Å². The number of aliphatic carboxylic acids is 1. The molecular formula is C31H34F6N6O5. The summed E-state index contributed by atoms with van der Waals surface area (Å²) in [5.41, 5.74) is -2.41. The first-order chi connectivity index (χ1) is 22.6. The Bertz CT molecular complexity index is 1620. The van der Waals surface area contributed by atoms with Crippen LogP contribution in [0.5, 0.6) is 5.88 Å². The van der Waals surface area contributed by atoms with E-state index in [4.69, 9.17) is 9.47 Å². The zero-order valence-corrected chi connectivity index (χ0v) is 26.4. The third kappa shape index (κ3) is 8.17. The van der Waals surface area contributed by atoms with Gasteiger partial charge in [-0.15, -0.1) is 0 Å². The maximum Gasteiger partial charge on any atom is 0.416 e. The second-order valence-corrected chi connectivity index (χ2v) is 10.9. The molecule has 260 valence electrons. The Morgan fingerprint density at radius 1 is 1.02 bits per heavy atom. The molecule has 48 heavy (non-hydrogen) atoms. The summed E-state index contributed by atoms with van der Waals surface area (Å²) in [5, 5.41) is 15.4. The number of ether oxygens (including phenoxy) is 2. The Morgan fingerprint density at radius 2 is 1.69 bits per heavy atom. The maximum atomic E-state index is 13.7. The van der Waals surface area contributed by atoms with E-state index in [0.29, 0.717) is 29.9 Å². The Labute approximate surface area is 271 Å². The monoisotopic (exact) mass is 684 g/mol. The number of carbonyl (C=O) groups is 2. The maximum absolute atomic E-state index is 13.7. The molecule has 1 aromatic carbocycles. The second-order valence-electron chi connectivity index (χ2n) is 10.9. The average Bonchev–Trinajstić information content (AvgIpc) is 3.03. The van der Waals surface area contributed by atoms with Crippen molar-refractivity contribution in [2.45, 2.75) is 70.4 Å². The highest BCUT2D eigenvalue weighted by Crippen LogP contribution is 2.42. The minimum atomic E-state index is -5.08. The van der Waals surface area contributed by atoms with Gasteiger partial charge < -0.3 is 25.2 Å². The first-order valence-electron chi connectivity index (χ1n) is 14.9. The third-order valence-electron chi connectivity index (χ3n) is 7.72. The van der Waals surface area contributed by atoms with Gasteiger partial charge in [-0.1, -0.05) is 6.92 Å². The molecule has 0 unspecified atom stereocenters. The van der Waals surface area contributed by atoms with Crippen LogP contribution in [0.15, 0.2) is 30.3 Å². The van der Waals surface area contributed by atoms with Crippen molar-refractivity contribution in [1.82, 2.24) is 15.0 Å². The molecule has 0 aliphatic carbocycles. The molecule has 0 fully saturated rings. The van der Waals surface area contributed by atoms with Crippen molar-refractivity contribution in [3.63, 3.8) is 0 Å². The summed E-state index contributed by atoms with van der Waals surface area (Å²) in [4.78, 5) is 39.4. The molecule has 0 saturated carbocycles. The number of carbonyl (C=O) groups excluding carboxylic acids is 1. The number of hydrogen-bond donors (Lipinski definition) is 3. The number of benzene rings is 1. The van der Waals surface area contributed by atoms with Crippen molar-refractivity contribution in [1.29, 1.82) is 0 Å². The summed E-state index contributed by atoms with van der Waals surface area (Å²) in [6.45, 7) is 3.65. The van der Waals surface area contributed by atoms with E-state index in [0.717, 1.165) is 0 Å². The molecule has 3 N–H and O–H groups in total. The number of rotatable bonds is 11. The van der Waals surface area contributed by atoms with Crippen molar-refractivity contribution in [3.8, 4) is 5.88 Å². The number of alkyl halides is 6. The van der Waals surface area contributed by atoms with E-state index in [2.05, 4.69) is 25.6 Å². The average molecular weight is 685 g/mol. The summed E-state index contributed by atoms with van der Waals surface area (Å²) >= 11 is 0. The number of halogens is 6. The van der Waals surface area contributed by atoms with Gasteiger partial charge in [0.1, 0.15) is 5.82 Å². The third-order valence-corrected chi connectivity index (χ3v) is 7.72. The van der Waals surface area contributed by atoms with Gasteiger partial charge in [-0.05, 0) is 49.6 Å². The van der Waals surface area contributed by atoms with Crippen LogP contribution in [0.25, 0.3) is 0 Å². The SMILES string of the molecule is CCOC(=O)N1c2ccc(OC)nc2[C@@H](Nc2nc(NC)nc(CCC(=O)O)c2Cc2cc(C(F)(F)F)cc(C(F)(F)F)c2)C[C@H]1CC. The van der Waals surface area contributed by atoms with Crippen molar-refractivity contribution in [3.05, 3.63) is 64.0 Å². The van der Waals surface area contributed by atoms with Crippen molar-refractivity contribution >= 4 is 29.5 Å². The molecule has 2 aromatic heterocycles. The fourth-order valence-corrected chi connectivity index (χ4v) is 5.50. The van der Waals surface area contributed by atoms with Gasteiger partial charge in [-0.2, -0.15) is 31.3 Å². The van der Waals surface area contributed by atoms with Gasteiger partial charge in [-0.25, -0.2) is 14.8 Å². The van der Waals surface area contributed by atoms with Crippen LogP contribution in [0.3, 0.4) is 0 Å². The predicted molar refractivity (Wildman–Crippen MR) is 162 cm³/mol. The van der Waals surface area contributed by atoms with Crippen LogP contribution in [0.1, 0.15) is 72.8 Å². The number of carboxylic acids is 1. The topological polar surface area (TPSA) is 139 Å². The van der Waals surface area contributed by atoms with Crippen molar-refractivity contribution in [2.24, 2.45) is 0 Å². The van der Waals surface area contributed by atoms with E-state index in [1.165, 1.54) is 19.1 Å². The number of amides is 1. The number of nitrogens with zero attached hydrogens (tertiary/aromatic N) is 4. The Hall–Kier alpha value is -4.83. The van der Waals surface area contributed by atoms with E-state index < -0.39 is 60.5 Å². The van der Waals surface area contributed by atoms with Crippen LogP contribution in [-0.4, -0.2) is 58.9 Å². The zero-order chi connectivity index (χ0) is 35.4. The highest BCUT2D eigenvalue weighted by atomic mass is 19.4. The molecule has 1 aliphatic heterocycles. The highest BCUT2D eigenvalue weighted by molar-refractivity contribution is 5.90. The number of pyridine rings is 1. The molecule has 3 aromatic rings. The summed E-state index contributed by atoms with van der Waals surface area (Å²) in [6, 6.07) is 3.33. The van der Waals surface area contributed by atoms with E-state index in [-0.39, 0.29) is 60.0 Å². The Balaban J connectivity index is 1.90. The van der Waals surface area contributed by atoms with Crippen LogP contribution in [0.2, 0.25) is 0 Å². The number of aromatic nitrogens is 3. The second kappa shape index (κ2) is 14.5. The van der Waals surface area contributed by atoms with Gasteiger partial charge in [0.05, 0.1) is 54.4 Å². The Morgan fingerprint density at radius 3 is 2.23 bits per heavy atom. The van der Waals surface area contributed by atoms with Crippen LogP contribution in [-0.2, 0) is 34.7 Å². The number of methoxy groups -OCH3 is 1. The first kappa shape index (κ1) is 36.0. The molecular weight excluding hydrogens is 650 g/mol. The lowest BCUT2D eigenvalue weighted by Gasteiger charge is -2.39. The fraction of sp³-hybridized carbons (Fsp3) is 0.452. The molecule has 0 bridgehead atoms. The van der Waals surface area contributed by atoms with E-state index in [9.17, 15) is 41.0 Å². The smallest absolute Gasteiger partial charge is 0.416 e. The standard InChI is InChI=1S/C31H34F6N6O5/c1-5-19-15-22(26-23(8-9-24(41-26)47-4)43(19)29(46)48-6-2)39-27-20(21(7-10-25(44)45)40-28(38-3)42-27)13-16-11-17(30(32,33)34)14-18(12-16)31(35,36)37/h8-9,11-12,14,19,22H,5-7,10,13,15H2,1-4H3,(H,44,45)(H2,38,39,40,42)/t19-,22+/m1/s1.